The van der Waals surface area contributed by atoms with Crippen LogP contribution in [0.3, 0.4) is 0 Å². The van der Waals surface area contributed by atoms with Crippen molar-refractivity contribution in [2.45, 2.75) is 6.54 Å². The molecule has 15 heavy (non-hydrogen) atoms. The first-order chi connectivity index (χ1) is 7.29. The molecule has 0 amide bonds. The first-order valence-electron chi connectivity index (χ1n) is 5.39. The maximum atomic E-state index is 5.57. The van der Waals surface area contributed by atoms with E-state index in [9.17, 15) is 0 Å². The minimum atomic E-state index is 0.618. The van der Waals surface area contributed by atoms with E-state index in [1.54, 1.807) is 0 Å². The molecule has 1 radical (unpaired) electrons. The topological polar surface area (TPSA) is 32.5 Å². The second-order valence-corrected chi connectivity index (χ2v) is 3.98. The highest BCUT2D eigenvalue weighted by atomic mass is 15.2. The van der Waals surface area contributed by atoms with Crippen molar-refractivity contribution in [2.75, 3.05) is 31.1 Å². The number of piperazine rings is 1. The summed E-state index contributed by atoms with van der Waals surface area (Å²) >= 11 is 0. The molecule has 81 valence electrons. The van der Waals surface area contributed by atoms with Gasteiger partial charge in [-0.2, -0.15) is 0 Å². The van der Waals surface area contributed by atoms with Gasteiger partial charge in [-0.15, -0.1) is 0 Å². The van der Waals surface area contributed by atoms with Crippen LogP contribution < -0.4 is 10.6 Å². The van der Waals surface area contributed by atoms with E-state index in [4.69, 9.17) is 5.73 Å². The molecule has 3 heteroatoms. The standard InChI is InChI=1S/C12H18N3/c1-14-6-8-15(9-7-14)12-4-2-11(10-13)3-5-12/h2-5H,1,6-10,13H2. The molecule has 0 unspecified atom stereocenters. The van der Waals surface area contributed by atoms with Gasteiger partial charge in [-0.25, -0.2) is 0 Å². The van der Waals surface area contributed by atoms with E-state index in [1.165, 1.54) is 11.3 Å². The van der Waals surface area contributed by atoms with Crippen LogP contribution in [0.25, 0.3) is 0 Å². The number of nitrogens with two attached hydrogens (primary N) is 1. The second kappa shape index (κ2) is 4.64. The van der Waals surface area contributed by atoms with Crippen molar-refractivity contribution in [1.82, 2.24) is 4.90 Å². The first-order valence-corrected chi connectivity index (χ1v) is 5.39. The third-order valence-corrected chi connectivity index (χ3v) is 2.91. The Morgan fingerprint density at radius 2 is 1.67 bits per heavy atom. The average Bonchev–Trinajstić information content (AvgIpc) is 2.30. The Bertz CT molecular complexity index is 299. The van der Waals surface area contributed by atoms with Crippen LogP contribution in [0.15, 0.2) is 24.3 Å². The molecule has 1 aliphatic rings. The Hall–Kier alpha value is -1.06. The lowest BCUT2D eigenvalue weighted by Gasteiger charge is -2.33. The molecule has 2 N–H and O–H groups in total. The van der Waals surface area contributed by atoms with Gasteiger partial charge in [0.25, 0.3) is 0 Å². The monoisotopic (exact) mass is 204 g/mol. The third kappa shape index (κ3) is 2.49. The van der Waals surface area contributed by atoms with Crippen LogP contribution >= 0.6 is 0 Å². The summed E-state index contributed by atoms with van der Waals surface area (Å²) in [5.41, 5.74) is 8.05. The lowest BCUT2D eigenvalue weighted by molar-refractivity contribution is 0.344. The van der Waals surface area contributed by atoms with Crippen molar-refractivity contribution < 1.29 is 0 Å². The number of anilines is 1. The van der Waals surface area contributed by atoms with Gasteiger partial charge < -0.3 is 10.6 Å². The summed E-state index contributed by atoms with van der Waals surface area (Å²) in [5.74, 6) is 0. The van der Waals surface area contributed by atoms with Crippen LogP contribution in [-0.2, 0) is 6.54 Å². The molecule has 0 saturated carbocycles. The predicted octanol–water partition coefficient (Wildman–Crippen LogP) is 1.06. The molecule has 0 atom stereocenters. The van der Waals surface area contributed by atoms with Crippen molar-refractivity contribution in [2.24, 2.45) is 5.73 Å². The molecule has 1 saturated heterocycles. The van der Waals surface area contributed by atoms with Gasteiger partial charge in [-0.1, -0.05) is 12.1 Å². The SMILES string of the molecule is [CH2]N1CCN(c2ccc(CN)cc2)CC1. The van der Waals surface area contributed by atoms with E-state index < -0.39 is 0 Å². The molecule has 0 bridgehead atoms. The minimum absolute atomic E-state index is 0.618. The second-order valence-electron chi connectivity index (χ2n) is 3.98. The Balaban J connectivity index is 2.03. The van der Waals surface area contributed by atoms with Crippen LogP contribution in [0.5, 0.6) is 0 Å². The van der Waals surface area contributed by atoms with E-state index in [1.807, 2.05) is 0 Å². The lowest BCUT2D eigenvalue weighted by atomic mass is 10.2. The van der Waals surface area contributed by atoms with Crippen LogP contribution in [-0.4, -0.2) is 31.1 Å². The normalized spacial score (nSPS) is 18.1. The van der Waals surface area contributed by atoms with Crippen LogP contribution in [0.4, 0.5) is 5.69 Å². The fraction of sp³-hybridized carbons (Fsp3) is 0.417. The van der Waals surface area contributed by atoms with Gasteiger partial charge in [-0.3, -0.25) is 4.90 Å². The Kier molecular flexibility index (Phi) is 3.23. The molecule has 0 spiro atoms. The number of hydrogen-bond acceptors (Lipinski definition) is 3. The largest absolute Gasteiger partial charge is 0.369 e. The zero-order chi connectivity index (χ0) is 10.7. The van der Waals surface area contributed by atoms with Gasteiger partial charge in [0.2, 0.25) is 0 Å². The number of rotatable bonds is 2. The fourth-order valence-corrected chi connectivity index (χ4v) is 1.85. The highest BCUT2D eigenvalue weighted by Gasteiger charge is 2.13. The van der Waals surface area contributed by atoms with Gasteiger partial charge in [-0.05, 0) is 17.7 Å². The van der Waals surface area contributed by atoms with E-state index >= 15 is 0 Å². The molecule has 0 aromatic heterocycles. The summed E-state index contributed by atoms with van der Waals surface area (Å²) in [6.45, 7) is 4.82. The van der Waals surface area contributed by atoms with E-state index in [0.29, 0.717) is 6.54 Å². The van der Waals surface area contributed by atoms with Gasteiger partial charge in [0.05, 0.1) is 0 Å². The summed E-state index contributed by atoms with van der Waals surface area (Å²) in [6.07, 6.45) is 0. The summed E-state index contributed by atoms with van der Waals surface area (Å²) in [6, 6.07) is 8.51. The summed E-state index contributed by atoms with van der Waals surface area (Å²) in [5, 5.41) is 0. The molecule has 3 nitrogen and oxygen atoms in total. The molecular weight excluding hydrogens is 186 g/mol. The van der Waals surface area contributed by atoms with Crippen LogP contribution in [0.1, 0.15) is 5.56 Å². The van der Waals surface area contributed by atoms with E-state index in [2.05, 4.69) is 41.1 Å². The summed E-state index contributed by atoms with van der Waals surface area (Å²) < 4.78 is 0. The van der Waals surface area contributed by atoms with Crippen molar-refractivity contribution in [3.05, 3.63) is 36.9 Å². The third-order valence-electron chi connectivity index (χ3n) is 2.91. The van der Waals surface area contributed by atoms with Gasteiger partial charge in [0.15, 0.2) is 0 Å². The Morgan fingerprint density at radius 3 is 2.20 bits per heavy atom. The summed E-state index contributed by atoms with van der Waals surface area (Å²) in [4.78, 5) is 4.51. The Morgan fingerprint density at radius 1 is 1.07 bits per heavy atom. The van der Waals surface area contributed by atoms with E-state index in [-0.39, 0.29) is 0 Å². The number of nitrogens with zero attached hydrogens (tertiary/aromatic N) is 2. The fourth-order valence-electron chi connectivity index (χ4n) is 1.85. The van der Waals surface area contributed by atoms with Gasteiger partial charge >= 0.3 is 0 Å². The summed E-state index contributed by atoms with van der Waals surface area (Å²) in [7, 11) is 3.94. The molecule has 1 aromatic carbocycles. The number of benzene rings is 1. The predicted molar refractivity (Wildman–Crippen MR) is 63.5 cm³/mol. The van der Waals surface area contributed by atoms with Crippen molar-refractivity contribution in [1.29, 1.82) is 0 Å². The molecule has 0 aliphatic carbocycles. The van der Waals surface area contributed by atoms with Gasteiger partial charge in [0.1, 0.15) is 0 Å². The van der Waals surface area contributed by atoms with Crippen LogP contribution in [0, 0.1) is 7.05 Å². The molecular formula is C12H18N3. The molecule has 1 aliphatic heterocycles. The number of hydrogen-bond donors (Lipinski definition) is 1. The smallest absolute Gasteiger partial charge is 0.0367 e. The van der Waals surface area contributed by atoms with Crippen molar-refractivity contribution >= 4 is 5.69 Å². The maximum Gasteiger partial charge on any atom is 0.0367 e. The van der Waals surface area contributed by atoms with Crippen LogP contribution in [0.2, 0.25) is 0 Å². The highest BCUT2D eigenvalue weighted by molar-refractivity contribution is 5.48. The van der Waals surface area contributed by atoms with Crippen molar-refractivity contribution in [3.8, 4) is 0 Å². The van der Waals surface area contributed by atoms with E-state index in [0.717, 1.165) is 26.2 Å². The minimum Gasteiger partial charge on any atom is -0.369 e. The maximum absolute atomic E-state index is 5.57. The molecule has 1 fully saturated rings. The zero-order valence-electron chi connectivity index (χ0n) is 9.02. The first kappa shape index (κ1) is 10.5. The molecule has 1 heterocycles. The van der Waals surface area contributed by atoms with Crippen molar-refractivity contribution in [3.63, 3.8) is 0 Å². The Labute approximate surface area is 91.5 Å². The molecule has 1 aromatic rings. The lowest BCUT2D eigenvalue weighted by Crippen LogP contribution is -2.43. The highest BCUT2D eigenvalue weighted by Crippen LogP contribution is 2.16. The van der Waals surface area contributed by atoms with Gasteiger partial charge in [0, 0.05) is 45.5 Å². The molecule has 2 rings (SSSR count). The quantitative estimate of drug-likeness (QED) is 0.782. The average molecular weight is 204 g/mol. The zero-order valence-corrected chi connectivity index (χ0v) is 9.02.